The van der Waals surface area contributed by atoms with Crippen LogP contribution in [0.4, 0.5) is 0 Å². The van der Waals surface area contributed by atoms with Crippen molar-refractivity contribution >= 4 is 5.78 Å². The van der Waals surface area contributed by atoms with Crippen molar-refractivity contribution in [1.29, 1.82) is 0 Å². The normalized spacial score (nSPS) is 11.3. The average molecular weight is 169 g/mol. The molecule has 0 bridgehead atoms. The van der Waals surface area contributed by atoms with Gasteiger partial charge in [-0.1, -0.05) is 19.4 Å². The zero-order valence-corrected chi connectivity index (χ0v) is 8.34. The number of unbranched alkanes of at least 4 members (excludes halogenated alkanes) is 1. The molecule has 0 aliphatic heterocycles. The first-order valence-corrected chi connectivity index (χ1v) is 4.51. The quantitative estimate of drug-likeness (QED) is 0.566. The molecule has 0 amide bonds. The van der Waals surface area contributed by atoms with Crippen LogP contribution in [-0.4, -0.2) is 31.3 Å². The van der Waals surface area contributed by atoms with Crippen LogP contribution in [0.1, 0.15) is 26.2 Å². The van der Waals surface area contributed by atoms with Gasteiger partial charge in [0.05, 0.1) is 0 Å². The largest absolute Gasteiger partial charge is 0.306 e. The van der Waals surface area contributed by atoms with Crippen molar-refractivity contribution in [2.45, 2.75) is 26.2 Å². The molecule has 0 aliphatic rings. The van der Waals surface area contributed by atoms with E-state index in [0.717, 1.165) is 19.4 Å². The molecule has 0 fully saturated rings. The molecule has 2 nitrogen and oxygen atoms in total. The number of rotatable bonds is 6. The van der Waals surface area contributed by atoms with Gasteiger partial charge in [-0.05, 0) is 26.6 Å². The fourth-order valence-electron chi connectivity index (χ4n) is 0.829. The first-order chi connectivity index (χ1) is 5.66. The monoisotopic (exact) mass is 169 g/mol. The lowest BCUT2D eigenvalue weighted by Gasteiger charge is -2.02. The maximum atomic E-state index is 11.1. The summed E-state index contributed by atoms with van der Waals surface area (Å²) in [7, 11) is 3.97. The molecule has 0 heterocycles. The van der Waals surface area contributed by atoms with Crippen molar-refractivity contribution in [3.05, 3.63) is 12.2 Å². The van der Waals surface area contributed by atoms with E-state index in [0.29, 0.717) is 6.42 Å². The van der Waals surface area contributed by atoms with Crippen LogP contribution in [0.3, 0.4) is 0 Å². The lowest BCUT2D eigenvalue weighted by atomic mass is 10.2. The second kappa shape index (κ2) is 7.04. The van der Waals surface area contributed by atoms with E-state index in [1.54, 1.807) is 6.08 Å². The van der Waals surface area contributed by atoms with Crippen molar-refractivity contribution in [3.63, 3.8) is 0 Å². The van der Waals surface area contributed by atoms with Crippen LogP contribution in [0.15, 0.2) is 12.2 Å². The Labute approximate surface area is 75.3 Å². The maximum Gasteiger partial charge on any atom is 0.155 e. The molecular formula is C10H19NO. The topological polar surface area (TPSA) is 20.3 Å². The number of carbonyl (C=O) groups is 1. The minimum Gasteiger partial charge on any atom is -0.306 e. The van der Waals surface area contributed by atoms with E-state index >= 15 is 0 Å². The third kappa shape index (κ3) is 7.48. The van der Waals surface area contributed by atoms with Crippen molar-refractivity contribution in [2.75, 3.05) is 20.6 Å². The molecule has 0 unspecified atom stereocenters. The summed E-state index contributed by atoms with van der Waals surface area (Å²) in [5, 5.41) is 0. The molecule has 0 radical (unpaired) electrons. The lowest BCUT2D eigenvalue weighted by Crippen LogP contribution is -2.10. The van der Waals surface area contributed by atoms with Crippen molar-refractivity contribution in [1.82, 2.24) is 4.90 Å². The Hall–Kier alpha value is -0.630. The molecule has 0 N–H and O–H groups in total. The van der Waals surface area contributed by atoms with Crippen molar-refractivity contribution < 1.29 is 4.79 Å². The highest BCUT2D eigenvalue weighted by Crippen LogP contribution is 1.95. The summed E-state index contributed by atoms with van der Waals surface area (Å²) in [5.74, 6) is 0.249. The van der Waals surface area contributed by atoms with Gasteiger partial charge in [0.1, 0.15) is 0 Å². The van der Waals surface area contributed by atoms with E-state index in [1.165, 1.54) is 0 Å². The smallest absolute Gasteiger partial charge is 0.155 e. The summed E-state index contributed by atoms with van der Waals surface area (Å²) in [5.41, 5.74) is 0. The Morgan fingerprint density at radius 2 is 2.08 bits per heavy atom. The number of likely N-dealkylation sites (N-methyl/N-ethyl adjacent to an activating group) is 1. The molecule has 0 spiro atoms. The van der Waals surface area contributed by atoms with Gasteiger partial charge in [0.2, 0.25) is 0 Å². The van der Waals surface area contributed by atoms with Gasteiger partial charge in [-0.2, -0.15) is 0 Å². The summed E-state index contributed by atoms with van der Waals surface area (Å²) in [6, 6.07) is 0. The van der Waals surface area contributed by atoms with E-state index in [-0.39, 0.29) is 5.78 Å². The van der Waals surface area contributed by atoms with E-state index < -0.39 is 0 Å². The molecule has 0 saturated carbocycles. The fourth-order valence-corrected chi connectivity index (χ4v) is 0.829. The number of hydrogen-bond acceptors (Lipinski definition) is 2. The molecule has 0 aromatic rings. The summed E-state index contributed by atoms with van der Waals surface area (Å²) < 4.78 is 0. The maximum absolute atomic E-state index is 11.1. The van der Waals surface area contributed by atoms with Gasteiger partial charge in [-0.25, -0.2) is 0 Å². The van der Waals surface area contributed by atoms with E-state index in [1.807, 2.05) is 25.1 Å². The van der Waals surface area contributed by atoms with Crippen molar-refractivity contribution in [3.8, 4) is 0 Å². The number of carbonyl (C=O) groups excluding carboxylic acids is 1. The van der Waals surface area contributed by atoms with Crippen LogP contribution < -0.4 is 0 Å². The van der Waals surface area contributed by atoms with Gasteiger partial charge in [0.25, 0.3) is 0 Å². The molecule has 0 atom stereocenters. The van der Waals surface area contributed by atoms with Gasteiger partial charge in [-0.15, -0.1) is 0 Å². The Kier molecular flexibility index (Phi) is 6.67. The summed E-state index contributed by atoms with van der Waals surface area (Å²) in [6.07, 6.45) is 6.40. The van der Waals surface area contributed by atoms with Gasteiger partial charge in [0.15, 0.2) is 5.78 Å². The standard InChI is InChI=1S/C10H19NO/c1-4-5-7-10(12)8-6-9-11(2)3/h6,8H,4-5,7,9H2,1-3H3/b8-6+. The SMILES string of the molecule is CCCCC(=O)/C=C/CN(C)C. The molecule has 2 heteroatoms. The van der Waals surface area contributed by atoms with Crippen LogP contribution in [0, 0.1) is 0 Å². The number of hydrogen-bond donors (Lipinski definition) is 0. The van der Waals surface area contributed by atoms with Crippen LogP contribution in [0.2, 0.25) is 0 Å². The Morgan fingerprint density at radius 1 is 1.42 bits per heavy atom. The minimum absolute atomic E-state index is 0.249. The zero-order chi connectivity index (χ0) is 9.40. The third-order valence-corrected chi connectivity index (χ3v) is 1.55. The van der Waals surface area contributed by atoms with E-state index in [9.17, 15) is 4.79 Å². The average Bonchev–Trinajstić information content (AvgIpc) is 2.00. The second-order valence-corrected chi connectivity index (χ2v) is 3.23. The Bertz CT molecular complexity index is 150. The molecular weight excluding hydrogens is 150 g/mol. The highest BCUT2D eigenvalue weighted by molar-refractivity contribution is 5.89. The van der Waals surface area contributed by atoms with Gasteiger partial charge < -0.3 is 4.90 Å². The number of allylic oxidation sites excluding steroid dienone is 1. The number of ketones is 1. The Balaban J connectivity index is 3.47. The fraction of sp³-hybridized carbons (Fsp3) is 0.700. The van der Waals surface area contributed by atoms with E-state index in [2.05, 4.69) is 6.92 Å². The Morgan fingerprint density at radius 3 is 2.58 bits per heavy atom. The molecule has 12 heavy (non-hydrogen) atoms. The van der Waals surface area contributed by atoms with Crippen LogP contribution in [-0.2, 0) is 4.79 Å². The van der Waals surface area contributed by atoms with Crippen LogP contribution >= 0.6 is 0 Å². The lowest BCUT2D eigenvalue weighted by molar-refractivity contribution is -0.114. The highest BCUT2D eigenvalue weighted by atomic mass is 16.1. The molecule has 0 aromatic heterocycles. The first kappa shape index (κ1) is 11.4. The van der Waals surface area contributed by atoms with Gasteiger partial charge in [0, 0.05) is 13.0 Å². The highest BCUT2D eigenvalue weighted by Gasteiger charge is 1.93. The molecule has 0 saturated heterocycles. The molecule has 0 aromatic carbocycles. The predicted molar refractivity (Wildman–Crippen MR) is 52.2 cm³/mol. The zero-order valence-electron chi connectivity index (χ0n) is 8.34. The summed E-state index contributed by atoms with van der Waals surface area (Å²) in [4.78, 5) is 13.1. The van der Waals surface area contributed by atoms with Crippen LogP contribution in [0.25, 0.3) is 0 Å². The van der Waals surface area contributed by atoms with Gasteiger partial charge in [-0.3, -0.25) is 4.79 Å². The van der Waals surface area contributed by atoms with E-state index in [4.69, 9.17) is 0 Å². The van der Waals surface area contributed by atoms with Gasteiger partial charge >= 0.3 is 0 Å². The summed E-state index contributed by atoms with van der Waals surface area (Å²) >= 11 is 0. The summed E-state index contributed by atoms with van der Waals surface area (Å²) in [6.45, 7) is 2.94. The third-order valence-electron chi connectivity index (χ3n) is 1.55. The predicted octanol–water partition coefficient (Wildman–Crippen LogP) is 1.86. The molecule has 0 rings (SSSR count). The number of nitrogens with zero attached hydrogens (tertiary/aromatic N) is 1. The first-order valence-electron chi connectivity index (χ1n) is 4.51. The van der Waals surface area contributed by atoms with Crippen LogP contribution in [0.5, 0.6) is 0 Å². The van der Waals surface area contributed by atoms with Crippen molar-refractivity contribution in [2.24, 2.45) is 0 Å². The molecule has 70 valence electrons. The second-order valence-electron chi connectivity index (χ2n) is 3.23. The molecule has 0 aliphatic carbocycles. The minimum atomic E-state index is 0.249.